The highest BCUT2D eigenvalue weighted by atomic mass is 16.3. The molecule has 0 fully saturated rings. The first-order valence-electron chi connectivity index (χ1n) is 35.9. The lowest BCUT2D eigenvalue weighted by atomic mass is 9.67. The summed E-state index contributed by atoms with van der Waals surface area (Å²) in [5.41, 5.74) is 34.5. The highest BCUT2D eigenvalue weighted by Crippen LogP contribution is 2.69. The van der Waals surface area contributed by atoms with Gasteiger partial charge in [0.25, 0.3) is 0 Å². The summed E-state index contributed by atoms with van der Waals surface area (Å²) in [6.45, 7) is 2.48. The lowest BCUT2D eigenvalue weighted by Crippen LogP contribution is -2.36. The van der Waals surface area contributed by atoms with Crippen molar-refractivity contribution in [2.75, 3.05) is 9.80 Å². The topological polar surface area (TPSA) is 32.8 Å². The molecule has 2 unspecified atom stereocenters. The third-order valence-corrected chi connectivity index (χ3v) is 23.5. The Kier molecular flexibility index (Phi) is 12.2. The van der Waals surface area contributed by atoms with Crippen molar-refractivity contribution < 1.29 is 8.83 Å². The second kappa shape index (κ2) is 21.7. The lowest BCUT2D eigenvalue weighted by Gasteiger charge is -2.45. The summed E-state index contributed by atoms with van der Waals surface area (Å²) in [7, 11) is 0. The molecular formula is C99H64N2O2. The predicted molar refractivity (Wildman–Crippen MR) is 421 cm³/mol. The lowest BCUT2D eigenvalue weighted by molar-refractivity contribution is 0.561. The number of furan rings is 2. The van der Waals surface area contributed by atoms with Crippen LogP contribution in [0.3, 0.4) is 0 Å². The first kappa shape index (κ1) is 57.8. The van der Waals surface area contributed by atoms with Gasteiger partial charge in [0.1, 0.15) is 22.7 Å². The van der Waals surface area contributed by atoms with Crippen molar-refractivity contribution in [1.29, 1.82) is 0 Å². The van der Waals surface area contributed by atoms with Crippen molar-refractivity contribution in [1.82, 2.24) is 0 Å². The van der Waals surface area contributed by atoms with Gasteiger partial charge in [0.05, 0.1) is 33.6 Å². The molecule has 17 aromatic rings. The number of anilines is 6. The van der Waals surface area contributed by atoms with Crippen LogP contribution in [-0.2, 0) is 22.7 Å². The molecule has 2 aromatic heterocycles. The number of rotatable bonds is 9. The summed E-state index contributed by atoms with van der Waals surface area (Å²) < 4.78 is 14.4. The SMILES string of the molecule is CC1(Cc2ccc3oc4c(c3c2)C2(c3ccccc3-c3ccc(N(c5ccc(-c6ccccc6)cc5)c5ccc(-c6ccccc6)cc5-c5ccccc5)cc32)c2ccccc2-4)c2ccccc2N(c2cccc3c2C2(c4ccccc4-3)c3ccccc3-c3oc4ccccc4c32)c2ccccc21. The normalized spacial score (nSPS) is 16.2. The van der Waals surface area contributed by atoms with Crippen LogP contribution in [0.15, 0.2) is 367 Å². The Hall–Kier alpha value is -13.0. The zero-order chi connectivity index (χ0) is 67.7. The van der Waals surface area contributed by atoms with E-state index in [1.165, 1.54) is 112 Å². The molecule has 2 spiro atoms. The largest absolute Gasteiger partial charge is 0.456 e. The van der Waals surface area contributed by atoms with Crippen molar-refractivity contribution in [3.05, 3.63) is 419 Å². The van der Waals surface area contributed by atoms with Crippen LogP contribution in [0.25, 0.3) is 100 Å². The molecule has 0 amide bonds. The molecule has 103 heavy (non-hydrogen) atoms. The first-order chi connectivity index (χ1) is 51.0. The Morgan fingerprint density at radius 3 is 1.40 bits per heavy atom. The molecule has 4 nitrogen and oxygen atoms in total. The first-order valence-corrected chi connectivity index (χ1v) is 35.9. The van der Waals surface area contributed by atoms with Crippen LogP contribution in [-0.4, -0.2) is 0 Å². The van der Waals surface area contributed by atoms with E-state index in [2.05, 4.69) is 375 Å². The van der Waals surface area contributed by atoms with Crippen LogP contribution in [0.2, 0.25) is 0 Å². The molecule has 0 radical (unpaired) electrons. The van der Waals surface area contributed by atoms with Crippen LogP contribution in [0.4, 0.5) is 34.1 Å². The van der Waals surface area contributed by atoms with Gasteiger partial charge in [0.15, 0.2) is 0 Å². The minimum absolute atomic E-state index is 0.487. The quantitative estimate of drug-likeness (QED) is 0.144. The molecule has 1 aliphatic heterocycles. The van der Waals surface area contributed by atoms with Crippen LogP contribution in [0.5, 0.6) is 0 Å². The zero-order valence-corrected chi connectivity index (χ0v) is 56.5. The molecule has 482 valence electrons. The molecule has 0 saturated carbocycles. The second-order valence-electron chi connectivity index (χ2n) is 28.6. The molecule has 3 heterocycles. The van der Waals surface area contributed by atoms with Crippen LogP contribution in [0, 0.1) is 0 Å². The van der Waals surface area contributed by atoms with Gasteiger partial charge in [-0.15, -0.1) is 0 Å². The van der Waals surface area contributed by atoms with Crippen molar-refractivity contribution in [2.45, 2.75) is 29.6 Å². The molecule has 5 aliphatic rings. The average Bonchev–Trinajstić information content (AvgIpc) is 1.50. The monoisotopic (exact) mass is 1310 g/mol. The minimum atomic E-state index is -0.745. The fraction of sp³-hybridized carbons (Fsp3) is 0.0505. The van der Waals surface area contributed by atoms with Crippen LogP contribution in [0.1, 0.15) is 68.1 Å². The van der Waals surface area contributed by atoms with E-state index < -0.39 is 16.2 Å². The van der Waals surface area contributed by atoms with Gasteiger partial charge >= 0.3 is 0 Å². The van der Waals surface area contributed by atoms with Gasteiger partial charge in [-0.2, -0.15) is 0 Å². The third kappa shape index (κ3) is 7.90. The predicted octanol–water partition coefficient (Wildman–Crippen LogP) is 25.7. The van der Waals surface area contributed by atoms with Gasteiger partial charge in [0.2, 0.25) is 0 Å². The van der Waals surface area contributed by atoms with Gasteiger partial charge in [0, 0.05) is 60.9 Å². The number of para-hydroxylation sites is 3. The van der Waals surface area contributed by atoms with E-state index in [0.717, 1.165) is 90.4 Å². The van der Waals surface area contributed by atoms with Gasteiger partial charge in [-0.05, 0) is 174 Å². The van der Waals surface area contributed by atoms with E-state index in [1.807, 2.05) is 0 Å². The van der Waals surface area contributed by atoms with Crippen LogP contribution < -0.4 is 9.80 Å². The van der Waals surface area contributed by atoms with Crippen molar-refractivity contribution >= 4 is 56.1 Å². The standard InChI is InChI=1S/C99H64N2O2/c1-97(83-42-20-22-44-87(83)101(88-45-23-21-43-84(88)97)89-46-25-37-73-71-33-12-17-39-80(71)99(92(73)89)82-41-19-14-35-75(82)95-93(99)76-36-15-24-47-90(76)102-95)61-62-48-57-91-78(58-62)94-96(103-91)74-34-13-18-40-81(74)98(94)79-38-16-11-32-70(79)72-55-54-69(60-85(72)98)100(68-52-49-65(50-53-68)63-26-5-2-6-27-63)86-56-51-67(64-28-7-3-8-29-64)59-77(86)66-30-9-4-10-31-66/h2-60H,61H2,1H3. The number of nitrogens with zero attached hydrogens (tertiary/aromatic N) is 2. The average molecular weight is 1310 g/mol. The van der Waals surface area contributed by atoms with Crippen molar-refractivity contribution in [2.24, 2.45) is 0 Å². The summed E-state index contributed by atoms with van der Waals surface area (Å²) >= 11 is 0. The van der Waals surface area contributed by atoms with E-state index >= 15 is 0 Å². The highest BCUT2D eigenvalue weighted by molar-refractivity contribution is 6.07. The molecule has 22 rings (SSSR count). The van der Waals surface area contributed by atoms with Gasteiger partial charge < -0.3 is 18.6 Å². The summed E-state index contributed by atoms with van der Waals surface area (Å²) in [5, 5.41) is 2.27. The smallest absolute Gasteiger partial charge is 0.140 e. The van der Waals surface area contributed by atoms with Crippen molar-refractivity contribution in [3.8, 4) is 78.3 Å². The van der Waals surface area contributed by atoms with Gasteiger partial charge in [-0.1, -0.05) is 292 Å². The minimum Gasteiger partial charge on any atom is -0.456 e. The highest BCUT2D eigenvalue weighted by Gasteiger charge is 2.58. The molecule has 4 aliphatic carbocycles. The van der Waals surface area contributed by atoms with E-state index in [1.54, 1.807) is 0 Å². The Morgan fingerprint density at radius 1 is 0.282 bits per heavy atom. The van der Waals surface area contributed by atoms with E-state index in [-0.39, 0.29) is 0 Å². The third-order valence-electron chi connectivity index (χ3n) is 23.5. The Labute approximate surface area is 597 Å². The summed E-state index contributed by atoms with van der Waals surface area (Å²) in [5.74, 6) is 1.88. The zero-order valence-electron chi connectivity index (χ0n) is 56.5. The Morgan fingerprint density at radius 2 is 0.738 bits per heavy atom. The number of hydrogen-bond acceptors (Lipinski definition) is 4. The van der Waals surface area contributed by atoms with E-state index in [0.29, 0.717) is 0 Å². The van der Waals surface area contributed by atoms with Crippen LogP contribution >= 0.6 is 0 Å². The second-order valence-corrected chi connectivity index (χ2v) is 28.6. The fourth-order valence-corrected chi connectivity index (χ4v) is 19.4. The Balaban J connectivity index is 0.718. The molecule has 0 bridgehead atoms. The summed E-state index contributed by atoms with van der Waals surface area (Å²) in [4.78, 5) is 5.09. The number of hydrogen-bond donors (Lipinski definition) is 0. The number of fused-ring (bicyclic) bond motifs is 26. The molecule has 0 N–H and O–H groups in total. The van der Waals surface area contributed by atoms with Gasteiger partial charge in [-0.25, -0.2) is 0 Å². The maximum Gasteiger partial charge on any atom is 0.140 e. The Bertz CT molecular complexity index is 6330. The molecular weight excluding hydrogens is 1250 g/mol. The summed E-state index contributed by atoms with van der Waals surface area (Å²) in [6, 6.07) is 133. The molecule has 0 saturated heterocycles. The van der Waals surface area contributed by atoms with Crippen molar-refractivity contribution in [3.63, 3.8) is 0 Å². The molecule has 4 heteroatoms. The van der Waals surface area contributed by atoms with E-state index in [9.17, 15) is 0 Å². The maximum absolute atomic E-state index is 7.41. The van der Waals surface area contributed by atoms with E-state index in [4.69, 9.17) is 8.83 Å². The summed E-state index contributed by atoms with van der Waals surface area (Å²) in [6.07, 6.45) is 0.729. The maximum atomic E-state index is 7.41. The molecule has 15 aromatic carbocycles. The number of benzene rings is 15. The molecule has 2 atom stereocenters. The fourth-order valence-electron chi connectivity index (χ4n) is 19.4. The van der Waals surface area contributed by atoms with Gasteiger partial charge in [-0.3, -0.25) is 0 Å².